The predicted molar refractivity (Wildman–Crippen MR) is 43.6 cm³/mol. The highest BCUT2D eigenvalue weighted by atomic mass is 79.9. The van der Waals surface area contributed by atoms with Crippen molar-refractivity contribution in [1.29, 1.82) is 5.26 Å². The number of hydrogen-bond acceptors (Lipinski definition) is 4. The molecule has 1 aromatic rings. The summed E-state index contributed by atoms with van der Waals surface area (Å²) in [7, 11) is 0. The molecule has 0 saturated carbocycles. The Labute approximate surface area is 72.2 Å². The van der Waals surface area contributed by atoms with Crippen molar-refractivity contribution in [2.24, 2.45) is 0 Å². The number of halogens is 1. The molecule has 56 valence electrons. The van der Waals surface area contributed by atoms with Gasteiger partial charge in [0.2, 0.25) is 0 Å². The predicted octanol–water partition coefficient (Wildman–Crippen LogP) is 1.00. The first-order chi connectivity index (χ1) is 5.15. The van der Waals surface area contributed by atoms with Gasteiger partial charge in [-0.05, 0) is 22.9 Å². The Hall–Kier alpha value is -1.15. The second kappa shape index (κ2) is 2.84. The number of nitrogen functional groups attached to an aromatic ring is 1. The summed E-state index contributed by atoms with van der Waals surface area (Å²) in [5.74, 6) is 0.307. The normalized spacial score (nSPS) is 9.18. The molecule has 0 fully saturated rings. The highest BCUT2D eigenvalue weighted by Gasteiger charge is 2.04. The number of anilines is 1. The molecule has 11 heavy (non-hydrogen) atoms. The minimum absolute atomic E-state index is 0.297. The summed E-state index contributed by atoms with van der Waals surface area (Å²) in [5.41, 5.74) is 6.26. The summed E-state index contributed by atoms with van der Waals surface area (Å²) in [6, 6.07) is 1.90. The number of nitriles is 1. The summed E-state index contributed by atoms with van der Waals surface area (Å²) in [6.07, 6.45) is 0. The lowest BCUT2D eigenvalue weighted by Crippen LogP contribution is -1.99. The van der Waals surface area contributed by atoms with E-state index in [0.717, 1.165) is 0 Å². The van der Waals surface area contributed by atoms with Crippen molar-refractivity contribution < 1.29 is 0 Å². The van der Waals surface area contributed by atoms with Gasteiger partial charge < -0.3 is 5.73 Å². The zero-order valence-corrected chi connectivity index (χ0v) is 7.38. The second-order valence-corrected chi connectivity index (χ2v) is 2.70. The Bertz CT molecular complexity index is 328. The van der Waals surface area contributed by atoms with Gasteiger partial charge in [-0.25, -0.2) is 9.97 Å². The largest absolute Gasteiger partial charge is 0.381 e. The summed E-state index contributed by atoms with van der Waals surface area (Å²) < 4.78 is 0.416. The molecule has 1 rings (SSSR count). The van der Waals surface area contributed by atoms with E-state index in [1.165, 1.54) is 0 Å². The van der Waals surface area contributed by atoms with Crippen molar-refractivity contribution in [3.8, 4) is 6.07 Å². The quantitative estimate of drug-likeness (QED) is 0.697. The molecule has 0 aromatic carbocycles. The summed E-state index contributed by atoms with van der Waals surface area (Å²) in [4.78, 5) is 7.75. The SMILES string of the molecule is Cc1nc(N)c(Br)nc1C#N. The lowest BCUT2D eigenvalue weighted by Gasteiger charge is -1.98. The van der Waals surface area contributed by atoms with Crippen molar-refractivity contribution in [2.75, 3.05) is 5.73 Å². The van der Waals surface area contributed by atoms with E-state index < -0.39 is 0 Å². The molecule has 0 spiro atoms. The lowest BCUT2D eigenvalue weighted by molar-refractivity contribution is 1.07. The average Bonchev–Trinajstić information content (AvgIpc) is 1.97. The zero-order chi connectivity index (χ0) is 8.43. The maximum absolute atomic E-state index is 8.52. The number of aromatic nitrogens is 2. The second-order valence-electron chi connectivity index (χ2n) is 1.95. The fourth-order valence-electron chi connectivity index (χ4n) is 0.622. The minimum atomic E-state index is 0.297. The van der Waals surface area contributed by atoms with Crippen LogP contribution in [0.3, 0.4) is 0 Å². The topological polar surface area (TPSA) is 75.6 Å². The highest BCUT2D eigenvalue weighted by Crippen LogP contribution is 2.15. The summed E-state index contributed by atoms with van der Waals surface area (Å²) in [5, 5.41) is 8.52. The van der Waals surface area contributed by atoms with E-state index in [1.54, 1.807) is 6.92 Å². The van der Waals surface area contributed by atoms with E-state index in [2.05, 4.69) is 25.9 Å². The van der Waals surface area contributed by atoms with Crippen molar-refractivity contribution in [2.45, 2.75) is 6.92 Å². The Morgan fingerprint density at radius 1 is 1.55 bits per heavy atom. The molecule has 0 aliphatic rings. The number of hydrogen-bond donors (Lipinski definition) is 1. The molecule has 0 saturated heterocycles. The van der Waals surface area contributed by atoms with Gasteiger partial charge in [-0.3, -0.25) is 0 Å². The molecular weight excluding hydrogens is 208 g/mol. The molecule has 0 amide bonds. The molecule has 5 heteroatoms. The Kier molecular flexibility index (Phi) is 2.06. The fraction of sp³-hybridized carbons (Fsp3) is 0.167. The van der Waals surface area contributed by atoms with Crippen LogP contribution in [0.1, 0.15) is 11.4 Å². The number of nitrogens with two attached hydrogens (primary N) is 1. The molecule has 1 heterocycles. The van der Waals surface area contributed by atoms with Crippen LogP contribution in [0.15, 0.2) is 4.60 Å². The fourth-order valence-corrected chi connectivity index (χ4v) is 0.888. The van der Waals surface area contributed by atoms with Crippen LogP contribution in [0.5, 0.6) is 0 Å². The van der Waals surface area contributed by atoms with Gasteiger partial charge in [-0.1, -0.05) is 0 Å². The van der Waals surface area contributed by atoms with Crippen LogP contribution in [-0.4, -0.2) is 9.97 Å². The van der Waals surface area contributed by atoms with Crippen LogP contribution in [0.25, 0.3) is 0 Å². The molecular formula is C6H5BrN4. The Morgan fingerprint density at radius 2 is 2.18 bits per heavy atom. The summed E-state index contributed by atoms with van der Waals surface area (Å²) in [6.45, 7) is 1.69. The monoisotopic (exact) mass is 212 g/mol. The number of aryl methyl sites for hydroxylation is 1. The molecule has 1 aromatic heterocycles. The van der Waals surface area contributed by atoms with Crippen molar-refractivity contribution >= 4 is 21.7 Å². The van der Waals surface area contributed by atoms with Gasteiger partial charge in [0.25, 0.3) is 0 Å². The molecule has 0 aliphatic carbocycles. The maximum atomic E-state index is 8.52. The smallest absolute Gasteiger partial charge is 0.163 e. The molecule has 0 radical (unpaired) electrons. The van der Waals surface area contributed by atoms with Gasteiger partial charge in [0.15, 0.2) is 11.5 Å². The van der Waals surface area contributed by atoms with Crippen LogP contribution in [-0.2, 0) is 0 Å². The highest BCUT2D eigenvalue weighted by molar-refractivity contribution is 9.10. The summed E-state index contributed by atoms with van der Waals surface area (Å²) >= 11 is 3.07. The minimum Gasteiger partial charge on any atom is -0.381 e. The van der Waals surface area contributed by atoms with Crippen molar-refractivity contribution in [3.05, 3.63) is 16.0 Å². The maximum Gasteiger partial charge on any atom is 0.163 e. The molecule has 0 bridgehead atoms. The third-order valence-corrected chi connectivity index (χ3v) is 1.74. The van der Waals surface area contributed by atoms with Gasteiger partial charge in [0.05, 0.1) is 5.69 Å². The van der Waals surface area contributed by atoms with Gasteiger partial charge >= 0.3 is 0 Å². The van der Waals surface area contributed by atoms with E-state index in [4.69, 9.17) is 11.0 Å². The first kappa shape index (κ1) is 7.95. The van der Waals surface area contributed by atoms with Crippen LogP contribution in [0.2, 0.25) is 0 Å². The van der Waals surface area contributed by atoms with E-state index in [9.17, 15) is 0 Å². The van der Waals surface area contributed by atoms with Gasteiger partial charge in [-0.15, -0.1) is 0 Å². The third-order valence-electron chi connectivity index (χ3n) is 1.16. The molecule has 0 atom stereocenters. The van der Waals surface area contributed by atoms with Crippen LogP contribution >= 0.6 is 15.9 Å². The van der Waals surface area contributed by atoms with Gasteiger partial charge in [0, 0.05) is 0 Å². The van der Waals surface area contributed by atoms with Crippen molar-refractivity contribution in [1.82, 2.24) is 9.97 Å². The molecule has 4 nitrogen and oxygen atoms in total. The number of nitrogens with zero attached hydrogens (tertiary/aromatic N) is 3. The number of rotatable bonds is 0. The molecule has 2 N–H and O–H groups in total. The standard InChI is InChI=1S/C6H5BrN4/c1-3-4(2-8)11-5(7)6(9)10-3/h1H3,(H2,9,10). The Balaban J connectivity index is 3.35. The van der Waals surface area contributed by atoms with E-state index in [-0.39, 0.29) is 0 Å². The Morgan fingerprint density at radius 3 is 2.73 bits per heavy atom. The molecule has 0 aliphatic heterocycles. The van der Waals surface area contributed by atoms with Crippen molar-refractivity contribution in [3.63, 3.8) is 0 Å². The van der Waals surface area contributed by atoms with E-state index >= 15 is 0 Å². The van der Waals surface area contributed by atoms with E-state index in [1.807, 2.05) is 6.07 Å². The first-order valence-corrected chi connectivity index (χ1v) is 3.64. The van der Waals surface area contributed by atoms with Crippen LogP contribution < -0.4 is 5.73 Å². The van der Waals surface area contributed by atoms with Gasteiger partial charge in [0.1, 0.15) is 10.7 Å². The first-order valence-electron chi connectivity index (χ1n) is 2.85. The lowest BCUT2D eigenvalue weighted by atomic mass is 10.3. The third kappa shape index (κ3) is 1.46. The molecule has 0 unspecified atom stereocenters. The zero-order valence-electron chi connectivity index (χ0n) is 5.80. The van der Waals surface area contributed by atoms with Crippen LogP contribution in [0, 0.1) is 18.3 Å². The van der Waals surface area contributed by atoms with Gasteiger partial charge in [-0.2, -0.15) is 5.26 Å². The van der Waals surface area contributed by atoms with Crippen LogP contribution in [0.4, 0.5) is 5.82 Å². The average molecular weight is 213 g/mol. The van der Waals surface area contributed by atoms with E-state index in [0.29, 0.717) is 21.8 Å².